The van der Waals surface area contributed by atoms with Crippen LogP contribution in [0.1, 0.15) is 58.9 Å². The predicted molar refractivity (Wildman–Crippen MR) is 107 cm³/mol. The molecule has 6 heteroatoms. The lowest BCUT2D eigenvalue weighted by Crippen LogP contribution is -2.33. The minimum absolute atomic E-state index is 0.0136. The van der Waals surface area contributed by atoms with E-state index in [-0.39, 0.29) is 30.3 Å². The summed E-state index contributed by atoms with van der Waals surface area (Å²) in [7, 11) is 7.19. The highest BCUT2D eigenvalue weighted by Crippen LogP contribution is 2.40. The molecule has 1 fully saturated rings. The molecule has 0 saturated heterocycles. The Kier molecular flexibility index (Phi) is 11.7. The number of ether oxygens (including phenoxy) is 2. The fraction of sp³-hybridized carbons (Fsp3) is 0.619. The van der Waals surface area contributed by atoms with Crippen LogP contribution in [0.3, 0.4) is 0 Å². The van der Waals surface area contributed by atoms with Gasteiger partial charge in [-0.2, -0.15) is 0 Å². The van der Waals surface area contributed by atoms with Gasteiger partial charge >= 0.3 is 5.97 Å². The Hall–Kier alpha value is -1.82. The smallest absolute Gasteiger partial charge is 0.309 e. The van der Waals surface area contributed by atoms with Gasteiger partial charge in [0.2, 0.25) is 0 Å². The van der Waals surface area contributed by atoms with Crippen LogP contribution in [0.15, 0.2) is 30.3 Å². The molecule has 0 spiro atoms. The van der Waals surface area contributed by atoms with Crippen molar-refractivity contribution in [3.8, 4) is 0 Å². The summed E-state index contributed by atoms with van der Waals surface area (Å²) in [6, 6.07) is 9.59. The highest BCUT2D eigenvalue weighted by Gasteiger charge is 2.38. The number of carbonyl (C=O) groups is 2. The number of benzene rings is 1. The average molecular weight is 376 g/mol. The number of carbonyl (C=O) groups excluding carboxylic acids is 2. The van der Waals surface area contributed by atoms with Gasteiger partial charge in [-0.15, -0.1) is 0 Å². The van der Waals surface area contributed by atoms with E-state index in [0.29, 0.717) is 19.3 Å². The first-order valence-corrected chi connectivity index (χ1v) is 9.37. The standard InChI is InChI=1S/C17H23BO3.C2H4O2.C2H6/c1-16(2)8-9-17(18,20)11-14(10-16)15(19)21-12-13-6-4-3-5-7-13;1-4-2-3;1-2/h3-7,14,20H,8-12H2,1-2H3;2H,1H3;1-2H3. The quantitative estimate of drug-likeness (QED) is 0.376. The lowest BCUT2D eigenvalue weighted by Gasteiger charge is -2.25. The molecule has 1 aromatic rings. The van der Waals surface area contributed by atoms with Gasteiger partial charge in [0.1, 0.15) is 14.5 Å². The summed E-state index contributed by atoms with van der Waals surface area (Å²) in [5.74, 6) is -0.612. The minimum Gasteiger partial charge on any atom is -0.471 e. The zero-order valence-corrected chi connectivity index (χ0v) is 17.2. The monoisotopic (exact) mass is 376 g/mol. The second-order valence-electron chi connectivity index (χ2n) is 7.30. The Morgan fingerprint density at radius 3 is 2.30 bits per heavy atom. The number of hydrogen-bond donors (Lipinski definition) is 1. The number of aliphatic hydroxyl groups is 1. The number of esters is 1. The first-order chi connectivity index (χ1) is 12.7. The van der Waals surface area contributed by atoms with Gasteiger partial charge in [0, 0.05) is 5.50 Å². The Balaban J connectivity index is 0.000000998. The van der Waals surface area contributed by atoms with Crippen LogP contribution in [0.2, 0.25) is 0 Å². The van der Waals surface area contributed by atoms with E-state index in [1.165, 1.54) is 7.11 Å². The van der Waals surface area contributed by atoms with E-state index in [4.69, 9.17) is 17.4 Å². The van der Waals surface area contributed by atoms with E-state index in [1.807, 2.05) is 44.2 Å². The van der Waals surface area contributed by atoms with Crippen LogP contribution in [0, 0.1) is 11.3 Å². The largest absolute Gasteiger partial charge is 0.471 e. The third-order valence-corrected chi connectivity index (χ3v) is 4.29. The van der Waals surface area contributed by atoms with E-state index in [1.54, 1.807) is 0 Å². The molecule has 0 aromatic heterocycles. The molecule has 2 unspecified atom stereocenters. The van der Waals surface area contributed by atoms with Crippen LogP contribution in [0.5, 0.6) is 0 Å². The molecule has 150 valence electrons. The van der Waals surface area contributed by atoms with Gasteiger partial charge in [0.15, 0.2) is 0 Å². The molecule has 2 atom stereocenters. The molecular weight excluding hydrogens is 343 g/mol. The molecular formula is C21H33BO5. The predicted octanol–water partition coefficient (Wildman–Crippen LogP) is 3.62. The van der Waals surface area contributed by atoms with Gasteiger partial charge in [-0.05, 0) is 36.7 Å². The van der Waals surface area contributed by atoms with Gasteiger partial charge in [-0.25, -0.2) is 0 Å². The van der Waals surface area contributed by atoms with Crippen molar-refractivity contribution in [3.63, 3.8) is 0 Å². The summed E-state index contributed by atoms with van der Waals surface area (Å²) < 4.78 is 9.27. The molecule has 0 heterocycles. The zero-order chi connectivity index (χ0) is 20.9. The molecule has 2 rings (SSSR count). The van der Waals surface area contributed by atoms with E-state index < -0.39 is 5.50 Å². The molecule has 27 heavy (non-hydrogen) atoms. The summed E-state index contributed by atoms with van der Waals surface area (Å²) in [4.78, 5) is 21.3. The fourth-order valence-corrected chi connectivity index (χ4v) is 2.94. The van der Waals surface area contributed by atoms with E-state index in [2.05, 4.69) is 18.6 Å². The normalized spacial score (nSPS) is 23.3. The second kappa shape index (κ2) is 12.6. The van der Waals surface area contributed by atoms with Gasteiger partial charge in [-0.1, -0.05) is 58.0 Å². The van der Waals surface area contributed by atoms with Crippen LogP contribution in [-0.2, 0) is 25.7 Å². The zero-order valence-electron chi connectivity index (χ0n) is 17.2. The van der Waals surface area contributed by atoms with Crippen molar-refractivity contribution >= 4 is 20.3 Å². The van der Waals surface area contributed by atoms with Gasteiger partial charge < -0.3 is 14.6 Å². The van der Waals surface area contributed by atoms with Crippen molar-refractivity contribution in [3.05, 3.63) is 35.9 Å². The van der Waals surface area contributed by atoms with Crippen molar-refractivity contribution in [2.24, 2.45) is 11.3 Å². The van der Waals surface area contributed by atoms with Crippen LogP contribution >= 0.6 is 0 Å². The maximum absolute atomic E-state index is 12.3. The maximum Gasteiger partial charge on any atom is 0.309 e. The maximum atomic E-state index is 12.3. The van der Waals surface area contributed by atoms with Gasteiger partial charge in [-0.3, -0.25) is 9.59 Å². The van der Waals surface area contributed by atoms with E-state index >= 15 is 0 Å². The molecule has 1 aromatic carbocycles. The summed E-state index contributed by atoms with van der Waals surface area (Å²) >= 11 is 0. The third kappa shape index (κ3) is 10.8. The van der Waals surface area contributed by atoms with E-state index in [0.717, 1.165) is 12.0 Å². The SMILES string of the molecule is CC.COC=O.[B]C1(O)CCC(C)(C)CC(C(=O)OCc2ccccc2)C1. The van der Waals surface area contributed by atoms with Crippen molar-refractivity contribution in [1.82, 2.24) is 0 Å². The first-order valence-electron chi connectivity index (χ1n) is 9.37. The highest BCUT2D eigenvalue weighted by molar-refractivity contribution is 6.14. The minimum atomic E-state index is -1.27. The van der Waals surface area contributed by atoms with Crippen molar-refractivity contribution in [2.45, 2.75) is 65.5 Å². The number of methoxy groups -OCH3 is 1. The second-order valence-corrected chi connectivity index (χ2v) is 7.30. The molecule has 1 aliphatic rings. The lowest BCUT2D eigenvalue weighted by molar-refractivity contribution is -0.152. The molecule has 1 N–H and O–H groups in total. The third-order valence-electron chi connectivity index (χ3n) is 4.29. The van der Waals surface area contributed by atoms with Crippen LogP contribution in [0.25, 0.3) is 0 Å². The summed E-state index contributed by atoms with van der Waals surface area (Å²) in [6.07, 6.45) is 2.29. The lowest BCUT2D eigenvalue weighted by atomic mass is 9.73. The molecule has 0 bridgehead atoms. The van der Waals surface area contributed by atoms with Crippen molar-refractivity contribution in [2.75, 3.05) is 7.11 Å². The summed E-state index contributed by atoms with van der Waals surface area (Å²) in [5.41, 5.74) is -0.327. The topological polar surface area (TPSA) is 72.8 Å². The molecule has 1 saturated carbocycles. The summed E-state index contributed by atoms with van der Waals surface area (Å²) in [5, 5.41) is 10.2. The van der Waals surface area contributed by atoms with E-state index in [9.17, 15) is 9.90 Å². The fourth-order valence-electron chi connectivity index (χ4n) is 2.94. The van der Waals surface area contributed by atoms with Gasteiger partial charge in [0.25, 0.3) is 6.47 Å². The van der Waals surface area contributed by atoms with Crippen molar-refractivity contribution < 1.29 is 24.2 Å². The van der Waals surface area contributed by atoms with Crippen molar-refractivity contribution in [1.29, 1.82) is 0 Å². The Labute approximate surface area is 164 Å². The molecule has 2 radical (unpaired) electrons. The molecule has 1 aliphatic carbocycles. The molecule has 5 nitrogen and oxygen atoms in total. The molecule has 0 aliphatic heterocycles. The molecule has 0 amide bonds. The first kappa shape index (κ1) is 25.2. The number of rotatable bonds is 4. The Morgan fingerprint density at radius 2 is 1.78 bits per heavy atom. The average Bonchev–Trinajstić information content (AvgIpc) is 2.77. The Bertz CT molecular complexity index is 525. The van der Waals surface area contributed by atoms with Crippen LogP contribution in [0.4, 0.5) is 0 Å². The highest BCUT2D eigenvalue weighted by atomic mass is 16.5. The number of hydrogen-bond acceptors (Lipinski definition) is 5. The Morgan fingerprint density at radius 1 is 1.22 bits per heavy atom. The van der Waals surface area contributed by atoms with Crippen LogP contribution in [-0.4, -0.2) is 38.0 Å². The summed E-state index contributed by atoms with van der Waals surface area (Å²) in [6.45, 7) is 8.84. The van der Waals surface area contributed by atoms with Crippen LogP contribution < -0.4 is 0 Å². The van der Waals surface area contributed by atoms with Gasteiger partial charge in [0.05, 0.1) is 13.0 Å².